The van der Waals surface area contributed by atoms with Crippen molar-refractivity contribution in [2.45, 2.75) is 38.3 Å². The van der Waals surface area contributed by atoms with Gasteiger partial charge in [0.25, 0.3) is 5.91 Å². The zero-order valence-electron chi connectivity index (χ0n) is 14.3. The van der Waals surface area contributed by atoms with E-state index in [9.17, 15) is 4.79 Å². The number of nitrogens with one attached hydrogen (secondary N) is 3. The molecule has 3 heterocycles. The molecule has 0 aliphatic carbocycles. The first-order chi connectivity index (χ1) is 12.0. The number of benzene rings is 1. The minimum atomic E-state index is -0.666. The van der Waals surface area contributed by atoms with Crippen molar-refractivity contribution in [1.29, 1.82) is 0 Å². The van der Waals surface area contributed by atoms with Gasteiger partial charge in [0.05, 0.1) is 22.6 Å². The Morgan fingerprint density at radius 3 is 2.92 bits per heavy atom. The lowest BCUT2D eigenvalue weighted by Gasteiger charge is -2.23. The highest BCUT2D eigenvalue weighted by atomic mass is 16.3. The van der Waals surface area contributed by atoms with Crippen LogP contribution in [-0.4, -0.2) is 27.4 Å². The molecule has 1 saturated heterocycles. The number of amides is 1. The number of para-hydroxylation sites is 2. The predicted octanol–water partition coefficient (Wildman–Crippen LogP) is 2.64. The van der Waals surface area contributed by atoms with Crippen molar-refractivity contribution in [2.24, 2.45) is 0 Å². The maximum Gasteiger partial charge on any atom is 0.274 e. The summed E-state index contributed by atoms with van der Waals surface area (Å²) in [5, 5.41) is 6.29. The number of carbonyl (C=O) groups is 1. The average Bonchev–Trinajstić information content (AvgIpc) is 3.32. The fourth-order valence-electron chi connectivity index (χ4n) is 3.10. The van der Waals surface area contributed by atoms with E-state index in [0.717, 1.165) is 30.4 Å². The third-order valence-electron chi connectivity index (χ3n) is 4.52. The van der Waals surface area contributed by atoms with E-state index in [-0.39, 0.29) is 17.6 Å². The Labute approximate surface area is 145 Å². The number of hydrogen-bond acceptors (Lipinski definition) is 5. The monoisotopic (exact) mass is 339 g/mol. The molecule has 1 amide bonds. The van der Waals surface area contributed by atoms with E-state index >= 15 is 0 Å². The van der Waals surface area contributed by atoms with Crippen LogP contribution < -0.4 is 10.6 Å². The molecule has 0 radical (unpaired) electrons. The molecule has 3 N–H and O–H groups in total. The van der Waals surface area contributed by atoms with Gasteiger partial charge in [-0.2, -0.15) is 0 Å². The van der Waals surface area contributed by atoms with E-state index in [0.29, 0.717) is 11.7 Å². The summed E-state index contributed by atoms with van der Waals surface area (Å²) in [5.41, 5.74) is 1.43. The lowest BCUT2D eigenvalue weighted by Crippen LogP contribution is -2.42. The fraction of sp³-hybridized carbons (Fsp3) is 0.389. The van der Waals surface area contributed by atoms with Crippen molar-refractivity contribution < 1.29 is 9.21 Å². The Morgan fingerprint density at radius 1 is 1.32 bits per heavy atom. The third-order valence-corrected chi connectivity index (χ3v) is 4.52. The van der Waals surface area contributed by atoms with Gasteiger partial charge >= 0.3 is 0 Å². The summed E-state index contributed by atoms with van der Waals surface area (Å²) in [6.45, 7) is 4.76. The first-order valence-corrected chi connectivity index (χ1v) is 8.49. The second-order valence-corrected chi connectivity index (χ2v) is 6.90. The Hall–Kier alpha value is -2.67. The molecular weight excluding hydrogens is 318 g/mol. The highest BCUT2D eigenvalue weighted by Gasteiger charge is 2.29. The number of oxazole rings is 1. The van der Waals surface area contributed by atoms with E-state index < -0.39 is 5.54 Å². The zero-order valence-corrected chi connectivity index (χ0v) is 14.3. The topological polar surface area (TPSA) is 95.8 Å². The minimum absolute atomic E-state index is 0.102. The summed E-state index contributed by atoms with van der Waals surface area (Å²) in [5.74, 6) is 0.992. The predicted molar refractivity (Wildman–Crippen MR) is 93.1 cm³/mol. The van der Waals surface area contributed by atoms with Crippen LogP contribution in [0.4, 0.5) is 0 Å². The molecule has 0 bridgehead atoms. The lowest BCUT2D eigenvalue weighted by atomic mass is 10.0. The van der Waals surface area contributed by atoms with Gasteiger partial charge in [-0.25, -0.2) is 9.97 Å². The maximum atomic E-state index is 12.6. The van der Waals surface area contributed by atoms with Crippen molar-refractivity contribution in [3.05, 3.63) is 47.9 Å². The van der Waals surface area contributed by atoms with Crippen LogP contribution in [0.1, 0.15) is 54.9 Å². The molecule has 1 aromatic carbocycles. The number of nitrogens with zero attached hydrogens (tertiary/aromatic N) is 2. The van der Waals surface area contributed by atoms with Crippen molar-refractivity contribution in [1.82, 2.24) is 25.6 Å². The third kappa shape index (κ3) is 3.02. The van der Waals surface area contributed by atoms with Gasteiger partial charge in [-0.05, 0) is 45.4 Å². The minimum Gasteiger partial charge on any atom is -0.446 e. The smallest absolute Gasteiger partial charge is 0.274 e. The van der Waals surface area contributed by atoms with Crippen LogP contribution in [0.2, 0.25) is 0 Å². The van der Waals surface area contributed by atoms with Crippen molar-refractivity contribution in [2.75, 3.05) is 6.54 Å². The molecule has 1 fully saturated rings. The lowest BCUT2D eigenvalue weighted by molar-refractivity contribution is 0.0903. The van der Waals surface area contributed by atoms with E-state index in [1.807, 2.05) is 38.1 Å². The number of rotatable bonds is 4. The molecule has 7 nitrogen and oxygen atoms in total. The molecule has 3 aromatic rings. The number of aromatic amines is 1. The first-order valence-electron chi connectivity index (χ1n) is 8.49. The Balaban J connectivity index is 1.52. The number of hydrogen-bond donors (Lipinski definition) is 3. The van der Waals surface area contributed by atoms with Gasteiger partial charge in [0.1, 0.15) is 12.1 Å². The SMILES string of the molecule is CC(C)(NC(=O)c1coc([C@@H]2CCCN2)n1)c1nc2ccccc2[nH]1. The molecule has 1 atom stereocenters. The number of fused-ring (bicyclic) bond motifs is 1. The second kappa shape index (κ2) is 6.00. The van der Waals surface area contributed by atoms with E-state index in [1.165, 1.54) is 6.26 Å². The summed E-state index contributed by atoms with van der Waals surface area (Å²) in [6.07, 6.45) is 3.49. The van der Waals surface area contributed by atoms with Crippen LogP contribution in [0.5, 0.6) is 0 Å². The summed E-state index contributed by atoms with van der Waals surface area (Å²) >= 11 is 0. The highest BCUT2D eigenvalue weighted by molar-refractivity contribution is 5.92. The van der Waals surface area contributed by atoms with Crippen LogP contribution in [0, 0.1) is 0 Å². The van der Waals surface area contributed by atoms with Gasteiger partial charge in [0.15, 0.2) is 5.69 Å². The van der Waals surface area contributed by atoms with Crippen LogP contribution in [-0.2, 0) is 5.54 Å². The maximum absolute atomic E-state index is 12.6. The molecule has 0 saturated carbocycles. The Bertz CT molecular complexity index is 872. The summed E-state index contributed by atoms with van der Waals surface area (Å²) in [7, 11) is 0. The molecule has 4 rings (SSSR count). The van der Waals surface area contributed by atoms with Crippen LogP contribution in [0.3, 0.4) is 0 Å². The number of imidazole rings is 1. The summed E-state index contributed by atoms with van der Waals surface area (Å²) < 4.78 is 5.48. The number of carbonyl (C=O) groups excluding carboxylic acids is 1. The summed E-state index contributed by atoms with van der Waals surface area (Å²) in [6, 6.07) is 7.88. The van der Waals surface area contributed by atoms with Gasteiger partial charge in [-0.1, -0.05) is 12.1 Å². The van der Waals surface area contributed by atoms with Gasteiger partial charge in [0.2, 0.25) is 5.89 Å². The standard InChI is InChI=1S/C18H21N5O2/c1-18(2,17-21-11-6-3-4-7-12(11)22-17)23-15(24)14-10-25-16(20-14)13-8-5-9-19-13/h3-4,6-7,10,13,19H,5,8-9H2,1-2H3,(H,21,22)(H,23,24)/t13-/m0/s1. The Kier molecular flexibility index (Phi) is 3.80. The quantitative estimate of drug-likeness (QED) is 0.679. The van der Waals surface area contributed by atoms with E-state index in [1.54, 1.807) is 0 Å². The molecule has 7 heteroatoms. The van der Waals surface area contributed by atoms with Gasteiger partial charge in [-0.15, -0.1) is 0 Å². The van der Waals surface area contributed by atoms with Crippen LogP contribution in [0.15, 0.2) is 34.9 Å². The van der Waals surface area contributed by atoms with Crippen LogP contribution in [0.25, 0.3) is 11.0 Å². The largest absolute Gasteiger partial charge is 0.446 e. The number of H-pyrrole nitrogens is 1. The van der Waals surface area contributed by atoms with Crippen molar-refractivity contribution in [3.63, 3.8) is 0 Å². The van der Waals surface area contributed by atoms with Crippen molar-refractivity contribution >= 4 is 16.9 Å². The summed E-state index contributed by atoms with van der Waals surface area (Å²) in [4.78, 5) is 24.8. The molecule has 1 aliphatic rings. The highest BCUT2D eigenvalue weighted by Crippen LogP contribution is 2.24. The van der Waals surface area contributed by atoms with Gasteiger partial charge in [-0.3, -0.25) is 4.79 Å². The molecule has 25 heavy (non-hydrogen) atoms. The van der Waals surface area contributed by atoms with E-state index in [2.05, 4.69) is 25.6 Å². The average molecular weight is 339 g/mol. The molecular formula is C18H21N5O2. The molecule has 1 aliphatic heterocycles. The molecule has 130 valence electrons. The zero-order chi connectivity index (χ0) is 17.4. The molecule has 0 unspecified atom stereocenters. The first kappa shape index (κ1) is 15.8. The Morgan fingerprint density at radius 2 is 2.16 bits per heavy atom. The van der Waals surface area contributed by atoms with Crippen molar-refractivity contribution in [3.8, 4) is 0 Å². The van der Waals surface area contributed by atoms with E-state index in [4.69, 9.17) is 4.42 Å². The van der Waals surface area contributed by atoms with Gasteiger partial charge < -0.3 is 20.0 Å². The second-order valence-electron chi connectivity index (χ2n) is 6.90. The number of aromatic nitrogens is 3. The van der Waals surface area contributed by atoms with Crippen LogP contribution >= 0.6 is 0 Å². The van der Waals surface area contributed by atoms with Gasteiger partial charge in [0, 0.05) is 0 Å². The molecule has 2 aromatic heterocycles. The molecule has 0 spiro atoms. The fourth-order valence-corrected chi connectivity index (χ4v) is 3.10. The normalized spacial score (nSPS) is 17.9.